The third-order valence-corrected chi connectivity index (χ3v) is 5.39. The molecule has 0 atom stereocenters. The van der Waals surface area contributed by atoms with Crippen LogP contribution in [0.2, 0.25) is 5.02 Å². The second-order valence-electron chi connectivity index (χ2n) is 7.25. The molecule has 0 aliphatic rings. The largest absolute Gasteiger partial charge is 0.497 e. The van der Waals surface area contributed by atoms with Gasteiger partial charge < -0.3 is 19.5 Å². The van der Waals surface area contributed by atoms with Crippen molar-refractivity contribution in [1.29, 1.82) is 0 Å². The first-order chi connectivity index (χ1) is 16.5. The number of hydrogen-bond donors (Lipinski definition) is 1. The van der Waals surface area contributed by atoms with E-state index in [0.717, 1.165) is 11.1 Å². The molecule has 0 fully saturated rings. The zero-order valence-corrected chi connectivity index (χ0v) is 19.7. The van der Waals surface area contributed by atoms with Gasteiger partial charge in [0.15, 0.2) is 17.3 Å². The quantitative estimate of drug-likeness (QED) is 0.384. The number of nitrogens with zero attached hydrogens (tertiary/aromatic N) is 3. The van der Waals surface area contributed by atoms with Gasteiger partial charge in [0.2, 0.25) is 5.95 Å². The topological polar surface area (TPSA) is 87.5 Å². The van der Waals surface area contributed by atoms with Gasteiger partial charge in [-0.15, -0.1) is 5.10 Å². The van der Waals surface area contributed by atoms with Crippen LogP contribution in [0.1, 0.15) is 15.9 Å². The molecule has 0 unspecified atom stereocenters. The maximum Gasteiger partial charge on any atom is 0.281 e. The minimum atomic E-state index is -0.369. The summed E-state index contributed by atoms with van der Waals surface area (Å²) in [5, 5.41) is 8.35. The number of hydrogen-bond acceptors (Lipinski definition) is 7. The fourth-order valence-electron chi connectivity index (χ4n) is 3.31. The maximum atomic E-state index is 13.4. The summed E-state index contributed by atoms with van der Waals surface area (Å²) in [6.45, 7) is 0.428. The average Bonchev–Trinajstić information content (AvgIpc) is 3.31. The molecule has 0 saturated heterocycles. The van der Waals surface area contributed by atoms with Crippen LogP contribution in [0.3, 0.4) is 0 Å². The van der Waals surface area contributed by atoms with Crippen molar-refractivity contribution in [3.05, 3.63) is 82.9 Å². The van der Waals surface area contributed by atoms with Crippen LogP contribution >= 0.6 is 11.6 Å². The first-order valence-electron chi connectivity index (χ1n) is 10.4. The molecule has 0 saturated carbocycles. The normalized spacial score (nSPS) is 10.6. The van der Waals surface area contributed by atoms with Crippen LogP contribution in [0.4, 0.5) is 5.95 Å². The molecular weight excluding hydrogens is 456 g/mol. The van der Waals surface area contributed by atoms with Crippen LogP contribution in [0, 0.1) is 0 Å². The molecule has 3 aromatic carbocycles. The lowest BCUT2D eigenvalue weighted by Gasteiger charge is -2.10. The van der Waals surface area contributed by atoms with Gasteiger partial charge in [0, 0.05) is 22.7 Å². The van der Waals surface area contributed by atoms with Gasteiger partial charge in [-0.1, -0.05) is 23.7 Å². The summed E-state index contributed by atoms with van der Waals surface area (Å²) in [7, 11) is 4.65. The SMILES string of the molecule is COc1ccc(-c2nc(NCc3ccc(Cl)cc3)n(C(=O)c3ccc(OC)c(OC)c3)n2)cc1. The number of anilines is 1. The highest BCUT2D eigenvalue weighted by Gasteiger charge is 2.20. The van der Waals surface area contributed by atoms with Crippen LogP contribution < -0.4 is 19.5 Å². The average molecular weight is 479 g/mol. The third kappa shape index (κ3) is 4.97. The number of halogens is 1. The van der Waals surface area contributed by atoms with Gasteiger partial charge in [0.05, 0.1) is 21.3 Å². The minimum Gasteiger partial charge on any atom is -0.497 e. The molecule has 0 bridgehead atoms. The van der Waals surface area contributed by atoms with E-state index in [0.29, 0.717) is 46.2 Å². The minimum absolute atomic E-state index is 0.306. The second kappa shape index (κ2) is 10.3. The molecule has 0 radical (unpaired) electrons. The van der Waals surface area contributed by atoms with Crippen molar-refractivity contribution in [3.63, 3.8) is 0 Å². The predicted molar refractivity (Wildman–Crippen MR) is 130 cm³/mol. The highest BCUT2D eigenvalue weighted by molar-refractivity contribution is 6.30. The number of carbonyl (C=O) groups excluding carboxylic acids is 1. The van der Waals surface area contributed by atoms with Gasteiger partial charge in [0.1, 0.15) is 5.75 Å². The van der Waals surface area contributed by atoms with Crippen LogP contribution in [0.5, 0.6) is 17.2 Å². The van der Waals surface area contributed by atoms with E-state index in [-0.39, 0.29) is 5.91 Å². The molecule has 8 nitrogen and oxygen atoms in total. The van der Waals surface area contributed by atoms with E-state index in [1.54, 1.807) is 37.4 Å². The zero-order chi connectivity index (χ0) is 24.1. The molecule has 1 aromatic heterocycles. The van der Waals surface area contributed by atoms with Crippen LogP contribution in [0.15, 0.2) is 66.7 Å². The van der Waals surface area contributed by atoms with Gasteiger partial charge in [-0.05, 0) is 60.2 Å². The summed E-state index contributed by atoms with van der Waals surface area (Å²) >= 11 is 5.98. The second-order valence-corrected chi connectivity index (χ2v) is 7.69. The van der Waals surface area contributed by atoms with Gasteiger partial charge in [0.25, 0.3) is 5.91 Å². The Hall–Kier alpha value is -4.04. The van der Waals surface area contributed by atoms with Crippen molar-refractivity contribution in [3.8, 4) is 28.6 Å². The van der Waals surface area contributed by atoms with Crippen molar-refractivity contribution >= 4 is 23.5 Å². The summed E-state index contributed by atoms with van der Waals surface area (Å²) < 4.78 is 17.1. The first kappa shape index (κ1) is 23.1. The Morgan fingerprint density at radius 3 is 2.26 bits per heavy atom. The lowest BCUT2D eigenvalue weighted by molar-refractivity contribution is 0.0947. The summed E-state index contributed by atoms with van der Waals surface area (Å²) in [6.07, 6.45) is 0. The fraction of sp³-hybridized carbons (Fsp3) is 0.160. The molecule has 1 N–H and O–H groups in total. The van der Waals surface area contributed by atoms with E-state index in [4.69, 9.17) is 25.8 Å². The summed E-state index contributed by atoms with van der Waals surface area (Å²) in [5.74, 6) is 2.02. The summed E-state index contributed by atoms with van der Waals surface area (Å²) in [4.78, 5) is 18.0. The maximum absolute atomic E-state index is 13.4. The number of methoxy groups -OCH3 is 3. The molecular formula is C25H23ClN4O4. The Labute approximate surface area is 202 Å². The van der Waals surface area contributed by atoms with Crippen LogP contribution in [0.25, 0.3) is 11.4 Å². The monoisotopic (exact) mass is 478 g/mol. The van der Waals surface area contributed by atoms with E-state index >= 15 is 0 Å². The molecule has 9 heteroatoms. The molecule has 0 aliphatic heterocycles. The molecule has 4 rings (SSSR count). The Morgan fingerprint density at radius 2 is 1.62 bits per heavy atom. The first-order valence-corrected chi connectivity index (χ1v) is 10.8. The van der Waals surface area contributed by atoms with E-state index in [9.17, 15) is 4.79 Å². The number of aromatic nitrogens is 3. The van der Waals surface area contributed by atoms with E-state index in [2.05, 4.69) is 15.4 Å². The number of benzene rings is 3. The molecule has 1 heterocycles. The lowest BCUT2D eigenvalue weighted by atomic mass is 10.2. The molecule has 0 amide bonds. The fourth-order valence-corrected chi connectivity index (χ4v) is 3.43. The van der Waals surface area contributed by atoms with Crippen molar-refractivity contribution in [2.24, 2.45) is 0 Å². The van der Waals surface area contributed by atoms with Gasteiger partial charge >= 0.3 is 0 Å². The van der Waals surface area contributed by atoms with Gasteiger partial charge in [-0.2, -0.15) is 9.67 Å². The van der Waals surface area contributed by atoms with Crippen LogP contribution in [-0.2, 0) is 6.54 Å². The molecule has 0 aliphatic carbocycles. The van der Waals surface area contributed by atoms with Crippen molar-refractivity contribution in [2.75, 3.05) is 26.6 Å². The van der Waals surface area contributed by atoms with Crippen molar-refractivity contribution in [1.82, 2.24) is 14.8 Å². The van der Waals surface area contributed by atoms with Crippen molar-refractivity contribution in [2.45, 2.75) is 6.54 Å². The number of ether oxygens (including phenoxy) is 3. The standard InChI is InChI=1S/C25H23ClN4O4/c1-32-20-11-6-17(7-12-20)23-28-25(27-15-16-4-9-19(26)10-5-16)30(29-23)24(31)18-8-13-21(33-2)22(14-18)34-3/h4-14H,15H2,1-3H3,(H,27,28,29). The Bertz CT molecular complexity index is 1290. The molecule has 34 heavy (non-hydrogen) atoms. The van der Waals surface area contributed by atoms with Crippen molar-refractivity contribution < 1.29 is 19.0 Å². The van der Waals surface area contributed by atoms with Gasteiger partial charge in [-0.3, -0.25) is 4.79 Å². The lowest BCUT2D eigenvalue weighted by Crippen LogP contribution is -2.17. The van der Waals surface area contributed by atoms with Crippen LogP contribution in [-0.4, -0.2) is 42.0 Å². The number of carbonyl (C=O) groups is 1. The van der Waals surface area contributed by atoms with E-state index in [1.165, 1.54) is 18.9 Å². The van der Waals surface area contributed by atoms with E-state index < -0.39 is 0 Å². The van der Waals surface area contributed by atoms with Gasteiger partial charge in [-0.25, -0.2) is 0 Å². The molecule has 4 aromatic rings. The third-order valence-electron chi connectivity index (χ3n) is 5.14. The molecule has 174 valence electrons. The molecule has 0 spiro atoms. The predicted octanol–water partition coefficient (Wildman–Crippen LogP) is 4.92. The number of nitrogens with one attached hydrogen (secondary N) is 1. The Morgan fingerprint density at radius 1 is 0.912 bits per heavy atom. The van der Waals surface area contributed by atoms with E-state index in [1.807, 2.05) is 36.4 Å². The highest BCUT2D eigenvalue weighted by Crippen LogP contribution is 2.29. The Balaban J connectivity index is 1.70. The summed E-state index contributed by atoms with van der Waals surface area (Å²) in [5.41, 5.74) is 2.09. The number of rotatable bonds is 8. The summed E-state index contributed by atoms with van der Waals surface area (Å²) in [6, 6.07) is 19.6. The zero-order valence-electron chi connectivity index (χ0n) is 18.9. The Kier molecular flexibility index (Phi) is 6.98. The highest BCUT2D eigenvalue weighted by atomic mass is 35.5. The smallest absolute Gasteiger partial charge is 0.281 e.